The topological polar surface area (TPSA) is 205 Å². The number of nitrogens with one attached hydrogen (secondary N) is 3. The lowest BCUT2D eigenvalue weighted by Gasteiger charge is -2.17. The molecular formula is C48H44F10N8O7. The van der Waals surface area contributed by atoms with Crippen molar-refractivity contribution in [3.63, 3.8) is 0 Å². The van der Waals surface area contributed by atoms with Crippen molar-refractivity contribution in [2.75, 3.05) is 24.1 Å². The quantitative estimate of drug-likeness (QED) is 0.0699. The highest BCUT2D eigenvalue weighted by Crippen LogP contribution is 2.32. The minimum Gasteiger partial charge on any atom is -0.481 e. The molecule has 73 heavy (non-hydrogen) atoms. The van der Waals surface area contributed by atoms with Gasteiger partial charge in [-0.15, -0.1) is 5.10 Å². The van der Waals surface area contributed by atoms with Gasteiger partial charge in [0, 0.05) is 49.2 Å². The van der Waals surface area contributed by atoms with Gasteiger partial charge in [-0.1, -0.05) is 24.3 Å². The lowest BCUT2D eigenvalue weighted by atomic mass is 10.1. The molecule has 8 rings (SSSR count). The predicted octanol–water partition coefficient (Wildman–Crippen LogP) is 8.43. The van der Waals surface area contributed by atoms with Crippen molar-refractivity contribution in [3.05, 3.63) is 131 Å². The van der Waals surface area contributed by atoms with Crippen LogP contribution in [0, 0.1) is 35.1 Å². The van der Waals surface area contributed by atoms with Crippen LogP contribution >= 0.6 is 0 Å². The summed E-state index contributed by atoms with van der Waals surface area (Å²) in [6.07, 6.45) is -13.0. The maximum Gasteiger partial charge on any atom is 0.414 e. The highest BCUT2D eigenvalue weighted by Gasteiger charge is 2.38. The number of carbonyl (C=O) groups is 4. The number of anilines is 2. The number of alkyl halides is 6. The number of rotatable bonds is 13. The molecule has 0 saturated carbocycles. The Labute approximate surface area is 408 Å². The van der Waals surface area contributed by atoms with Gasteiger partial charge in [0.2, 0.25) is 17.7 Å². The molecule has 2 aliphatic heterocycles. The van der Waals surface area contributed by atoms with Gasteiger partial charge < -0.3 is 36.3 Å². The van der Waals surface area contributed by atoms with Crippen molar-refractivity contribution < 1.29 is 77.7 Å². The lowest BCUT2D eigenvalue weighted by Crippen LogP contribution is -2.28. The Morgan fingerprint density at radius 1 is 0.685 bits per heavy atom. The summed E-state index contributed by atoms with van der Waals surface area (Å²) in [4.78, 5) is 44.5. The number of aromatic nitrogens is 4. The maximum atomic E-state index is 14.6. The van der Waals surface area contributed by atoms with Crippen LogP contribution in [0.2, 0.25) is 0 Å². The molecule has 3 amide bonds. The predicted molar refractivity (Wildman–Crippen MR) is 241 cm³/mol. The first-order valence-corrected chi connectivity index (χ1v) is 21.8. The van der Waals surface area contributed by atoms with E-state index < -0.39 is 84.8 Å². The normalized spacial score (nSPS) is 16.3. The number of ether oxygens (including phenoxy) is 2. The molecule has 2 fully saturated rings. The molecule has 4 heterocycles. The Hall–Kier alpha value is -7.80. The number of amides is 3. The van der Waals surface area contributed by atoms with Gasteiger partial charge in [-0.2, -0.15) is 31.4 Å². The molecule has 6 N–H and O–H groups in total. The van der Waals surface area contributed by atoms with Gasteiger partial charge >= 0.3 is 18.3 Å². The molecule has 0 unspecified atom stereocenters. The average Bonchev–Trinajstić information content (AvgIpc) is 4.14. The molecule has 0 radical (unpaired) electrons. The van der Waals surface area contributed by atoms with E-state index in [1.54, 1.807) is 12.1 Å². The molecule has 0 bridgehead atoms. The summed E-state index contributed by atoms with van der Waals surface area (Å²) >= 11 is 0. The smallest absolute Gasteiger partial charge is 0.414 e. The Morgan fingerprint density at radius 2 is 1.12 bits per heavy atom. The Morgan fingerprint density at radius 3 is 1.53 bits per heavy atom. The van der Waals surface area contributed by atoms with Crippen molar-refractivity contribution in [2.24, 2.45) is 11.8 Å². The summed E-state index contributed by atoms with van der Waals surface area (Å²) in [5.41, 5.74) is 7.02. The van der Waals surface area contributed by atoms with E-state index in [-0.39, 0.29) is 94.4 Å². The molecule has 2 aromatic heterocycles. The zero-order valence-corrected chi connectivity index (χ0v) is 38.3. The second kappa shape index (κ2) is 23.2. The Balaban J connectivity index is 0.000000207. The number of nitrogens with two attached hydrogens (primary N) is 1. The number of nitrogens with zero attached hydrogens (tertiary/aromatic N) is 4. The second-order valence-corrected chi connectivity index (χ2v) is 16.5. The van der Waals surface area contributed by atoms with Gasteiger partial charge in [-0.05, 0) is 85.6 Å². The SMILES string of the molecule is C[C@@H](OCc1cc(F)cc(-c2cc(N)nn2-c2ccccc2F)c1)C(F)(F)F.C[C@@H](OCc1cc(F)cc(-c2cc(NC(=O)[C@@H]3CNC(=O)C3)nn2-c2ccccc2F)c1)C(F)(F)F.O=C1C[C@H](C(=O)O)CN1. The van der Waals surface area contributed by atoms with E-state index in [0.717, 1.165) is 42.8 Å². The number of benzene rings is 4. The third-order valence-electron chi connectivity index (χ3n) is 11.0. The van der Waals surface area contributed by atoms with E-state index in [2.05, 4.69) is 26.1 Å². The van der Waals surface area contributed by atoms with Gasteiger partial charge in [0.1, 0.15) is 40.5 Å². The molecule has 388 valence electrons. The van der Waals surface area contributed by atoms with Crippen molar-refractivity contribution >= 4 is 35.3 Å². The molecule has 4 aromatic carbocycles. The number of hydrogen-bond donors (Lipinski definition) is 5. The van der Waals surface area contributed by atoms with Gasteiger partial charge in [0.25, 0.3) is 0 Å². The fraction of sp³-hybridized carbons (Fsp3) is 0.292. The van der Waals surface area contributed by atoms with E-state index >= 15 is 0 Å². The van der Waals surface area contributed by atoms with Crippen LogP contribution in [0.5, 0.6) is 0 Å². The number of carboxylic acid groups (broad SMARTS) is 1. The van der Waals surface area contributed by atoms with Crippen molar-refractivity contribution in [1.82, 2.24) is 30.2 Å². The first-order valence-electron chi connectivity index (χ1n) is 21.8. The summed E-state index contributed by atoms with van der Waals surface area (Å²) < 4.78 is 145. The average molecular weight is 1030 g/mol. The van der Waals surface area contributed by atoms with Crippen LogP contribution in [0.25, 0.3) is 33.9 Å². The molecule has 2 aliphatic rings. The van der Waals surface area contributed by atoms with Crippen molar-refractivity contribution in [3.8, 4) is 33.9 Å². The number of carboxylic acids is 1. The summed E-state index contributed by atoms with van der Waals surface area (Å²) in [7, 11) is 0. The maximum absolute atomic E-state index is 14.6. The van der Waals surface area contributed by atoms with Crippen LogP contribution < -0.4 is 21.7 Å². The van der Waals surface area contributed by atoms with Gasteiger partial charge in [0.15, 0.2) is 18.0 Å². The standard InChI is InChI=1S/C24H21F5N4O3.C19H16F5N3O.C5H7NO3/c1-13(24(27,28)29)36-12-14-6-15(8-17(25)7-14)20-10-21(31-23(35)16-9-22(34)30-11-16)32-33(20)19-5-3-2-4-18(19)26;1-11(19(22,23)24)28-10-12-6-13(8-14(20)7-12)17-9-18(25)26-27(17)16-5-3-2-4-15(16)21;7-4-1-3(2-6-4)5(8)9/h2-8,10,13,16H,9,11-12H2,1H3,(H,30,34)(H,31,32,35);2-9,11H,10H2,1H3,(H2,25,26);3H,1-2H2,(H,6,7)(H,8,9)/t13-,16+;11-;3-/m110/s1. The fourth-order valence-corrected chi connectivity index (χ4v) is 7.06. The molecular weight excluding hydrogens is 991 g/mol. The molecule has 2 saturated heterocycles. The largest absolute Gasteiger partial charge is 0.481 e. The first kappa shape index (κ1) is 54.5. The summed E-state index contributed by atoms with van der Waals surface area (Å²) in [5, 5.41) is 24.2. The fourth-order valence-electron chi connectivity index (χ4n) is 7.06. The number of para-hydroxylation sites is 2. The van der Waals surface area contributed by atoms with Gasteiger partial charge in [-0.3, -0.25) is 19.2 Å². The van der Waals surface area contributed by atoms with Crippen LogP contribution in [-0.4, -0.2) is 86.0 Å². The van der Waals surface area contributed by atoms with Crippen molar-refractivity contribution in [2.45, 2.75) is 64.5 Å². The minimum atomic E-state index is -4.58. The number of nitrogen functional groups attached to an aromatic ring is 1. The molecule has 0 spiro atoms. The van der Waals surface area contributed by atoms with Crippen molar-refractivity contribution in [1.29, 1.82) is 0 Å². The molecule has 6 aromatic rings. The van der Waals surface area contributed by atoms with Crippen LogP contribution in [0.4, 0.5) is 55.5 Å². The highest BCUT2D eigenvalue weighted by atomic mass is 19.4. The molecule has 15 nitrogen and oxygen atoms in total. The van der Waals surface area contributed by atoms with E-state index in [9.17, 15) is 63.1 Å². The van der Waals surface area contributed by atoms with Crippen LogP contribution in [-0.2, 0) is 41.9 Å². The Kier molecular flexibility index (Phi) is 17.3. The van der Waals surface area contributed by atoms with Gasteiger partial charge in [0.05, 0.1) is 36.4 Å². The molecule has 0 aliphatic carbocycles. The van der Waals surface area contributed by atoms with Crippen LogP contribution in [0.3, 0.4) is 0 Å². The monoisotopic (exact) mass is 1030 g/mol. The third kappa shape index (κ3) is 14.7. The molecule has 4 atom stereocenters. The number of halogens is 10. The highest BCUT2D eigenvalue weighted by molar-refractivity contribution is 5.97. The number of hydrogen-bond acceptors (Lipinski definition) is 9. The number of aliphatic carboxylic acids is 1. The van der Waals surface area contributed by atoms with Gasteiger partial charge in [-0.25, -0.2) is 26.9 Å². The van der Waals surface area contributed by atoms with E-state index in [4.69, 9.17) is 20.3 Å². The summed E-state index contributed by atoms with van der Waals surface area (Å²) in [5.74, 6) is -5.48. The van der Waals surface area contributed by atoms with E-state index in [0.29, 0.717) is 0 Å². The second-order valence-electron chi connectivity index (χ2n) is 16.5. The van der Waals surface area contributed by atoms with E-state index in [1.807, 2.05) is 0 Å². The number of carbonyl (C=O) groups excluding carboxylic acids is 3. The molecule has 25 heteroatoms. The van der Waals surface area contributed by atoms with Crippen LogP contribution in [0.15, 0.2) is 97.1 Å². The van der Waals surface area contributed by atoms with Crippen LogP contribution in [0.1, 0.15) is 37.8 Å². The summed E-state index contributed by atoms with van der Waals surface area (Å²) in [6, 6.07) is 21.5. The summed E-state index contributed by atoms with van der Waals surface area (Å²) in [6.45, 7) is 1.19. The first-order chi connectivity index (χ1) is 34.4. The lowest BCUT2D eigenvalue weighted by molar-refractivity contribution is -0.217. The zero-order chi connectivity index (χ0) is 53.4. The zero-order valence-electron chi connectivity index (χ0n) is 38.3. The van der Waals surface area contributed by atoms with E-state index in [1.165, 1.54) is 65.3 Å². The Bertz CT molecular complexity index is 2960. The third-order valence-corrected chi connectivity index (χ3v) is 11.0. The minimum absolute atomic E-state index is 0.00142.